The third-order valence-corrected chi connectivity index (χ3v) is 4.05. The van der Waals surface area contributed by atoms with E-state index in [1.807, 2.05) is 12.1 Å². The van der Waals surface area contributed by atoms with Crippen LogP contribution in [0.25, 0.3) is 0 Å². The predicted octanol–water partition coefficient (Wildman–Crippen LogP) is 2.07. The molecule has 2 rings (SSSR count). The zero-order valence-electron chi connectivity index (χ0n) is 13.3. The average molecular weight is 292 g/mol. The molecular weight excluding hydrogens is 264 g/mol. The molecule has 1 aliphatic heterocycles. The Morgan fingerprint density at radius 1 is 1.33 bits per heavy atom. The van der Waals surface area contributed by atoms with E-state index in [-0.39, 0.29) is 12.1 Å². The van der Waals surface area contributed by atoms with Crippen molar-refractivity contribution in [2.24, 2.45) is 5.73 Å². The Morgan fingerprint density at radius 3 is 2.76 bits per heavy atom. The van der Waals surface area contributed by atoms with E-state index in [0.29, 0.717) is 6.61 Å². The van der Waals surface area contributed by atoms with Crippen molar-refractivity contribution < 1.29 is 9.47 Å². The molecule has 2 atom stereocenters. The molecule has 0 aliphatic carbocycles. The zero-order valence-corrected chi connectivity index (χ0v) is 13.3. The molecule has 1 aromatic carbocycles. The summed E-state index contributed by atoms with van der Waals surface area (Å²) in [7, 11) is 0. The molecule has 0 spiro atoms. The number of nitrogens with two attached hydrogens (primary N) is 1. The summed E-state index contributed by atoms with van der Waals surface area (Å²) in [4.78, 5) is 2.40. The van der Waals surface area contributed by atoms with Gasteiger partial charge < -0.3 is 15.2 Å². The van der Waals surface area contributed by atoms with Gasteiger partial charge in [-0.05, 0) is 37.1 Å². The van der Waals surface area contributed by atoms with Crippen molar-refractivity contribution in [2.45, 2.75) is 38.8 Å². The van der Waals surface area contributed by atoms with Crippen molar-refractivity contribution in [2.75, 3.05) is 32.8 Å². The highest BCUT2D eigenvalue weighted by atomic mass is 16.5. The number of rotatable bonds is 7. The smallest absolute Gasteiger partial charge is 0.119 e. The number of nitrogens with zero attached hydrogens (tertiary/aromatic N) is 1. The number of hydrogen-bond acceptors (Lipinski definition) is 4. The molecule has 2 unspecified atom stereocenters. The van der Waals surface area contributed by atoms with Crippen LogP contribution in [0.15, 0.2) is 24.3 Å². The van der Waals surface area contributed by atoms with E-state index in [2.05, 4.69) is 30.9 Å². The maximum absolute atomic E-state index is 5.97. The highest BCUT2D eigenvalue weighted by Crippen LogP contribution is 2.15. The van der Waals surface area contributed by atoms with Crippen molar-refractivity contribution >= 4 is 0 Å². The van der Waals surface area contributed by atoms with Crippen molar-refractivity contribution in [3.8, 4) is 5.75 Å². The number of likely N-dealkylation sites (N-methyl/N-ethyl adjacent to an activating group) is 1. The summed E-state index contributed by atoms with van der Waals surface area (Å²) in [6.07, 6.45) is 2.10. The van der Waals surface area contributed by atoms with Crippen LogP contribution < -0.4 is 10.5 Å². The summed E-state index contributed by atoms with van der Waals surface area (Å²) in [5.41, 5.74) is 7.24. The first kappa shape index (κ1) is 16.3. The fraction of sp³-hybridized carbons (Fsp3) is 0.647. The molecule has 1 aromatic rings. The van der Waals surface area contributed by atoms with E-state index in [4.69, 9.17) is 15.2 Å². The molecule has 1 aliphatic rings. The van der Waals surface area contributed by atoms with Crippen molar-refractivity contribution in [1.29, 1.82) is 0 Å². The van der Waals surface area contributed by atoms with Crippen LogP contribution in [0, 0.1) is 0 Å². The number of benzene rings is 1. The van der Waals surface area contributed by atoms with E-state index in [1.54, 1.807) is 0 Å². The second-order valence-electron chi connectivity index (χ2n) is 5.71. The van der Waals surface area contributed by atoms with Gasteiger partial charge in [-0.2, -0.15) is 0 Å². The van der Waals surface area contributed by atoms with E-state index in [9.17, 15) is 0 Å². The molecule has 0 saturated carbocycles. The first-order valence-electron chi connectivity index (χ1n) is 8.02. The van der Waals surface area contributed by atoms with E-state index < -0.39 is 0 Å². The van der Waals surface area contributed by atoms with Crippen LogP contribution in [0.5, 0.6) is 5.75 Å². The highest BCUT2D eigenvalue weighted by molar-refractivity contribution is 5.27. The van der Waals surface area contributed by atoms with Crippen LogP contribution in [0.4, 0.5) is 0 Å². The van der Waals surface area contributed by atoms with Crippen LogP contribution in [-0.2, 0) is 11.2 Å². The maximum Gasteiger partial charge on any atom is 0.119 e. The molecule has 1 heterocycles. The topological polar surface area (TPSA) is 47.7 Å². The third kappa shape index (κ3) is 5.30. The van der Waals surface area contributed by atoms with Gasteiger partial charge in [-0.15, -0.1) is 0 Å². The minimum Gasteiger partial charge on any atom is -0.491 e. The van der Waals surface area contributed by atoms with Crippen LogP contribution in [0.2, 0.25) is 0 Å². The van der Waals surface area contributed by atoms with Gasteiger partial charge in [0.2, 0.25) is 0 Å². The quantitative estimate of drug-likeness (QED) is 0.836. The molecule has 1 saturated heterocycles. The summed E-state index contributed by atoms with van der Waals surface area (Å²) in [6, 6.07) is 8.50. The van der Waals surface area contributed by atoms with Crippen molar-refractivity contribution in [1.82, 2.24) is 4.90 Å². The molecule has 0 aromatic heterocycles. The van der Waals surface area contributed by atoms with Gasteiger partial charge in [0.15, 0.2) is 0 Å². The Morgan fingerprint density at radius 2 is 2.10 bits per heavy atom. The first-order chi connectivity index (χ1) is 10.2. The van der Waals surface area contributed by atoms with E-state index in [0.717, 1.165) is 44.8 Å². The number of hydrogen-bond donors (Lipinski definition) is 1. The second-order valence-corrected chi connectivity index (χ2v) is 5.71. The van der Waals surface area contributed by atoms with E-state index in [1.165, 1.54) is 5.56 Å². The Bertz CT molecular complexity index is 408. The summed E-state index contributed by atoms with van der Waals surface area (Å²) in [5.74, 6) is 0.904. The van der Waals surface area contributed by atoms with Gasteiger partial charge >= 0.3 is 0 Å². The largest absolute Gasteiger partial charge is 0.491 e. The lowest BCUT2D eigenvalue weighted by atomic mass is 10.0. The first-order valence-corrected chi connectivity index (χ1v) is 8.02. The molecule has 118 valence electrons. The highest BCUT2D eigenvalue weighted by Gasteiger charge is 2.19. The average Bonchev–Trinajstić information content (AvgIpc) is 2.54. The van der Waals surface area contributed by atoms with Crippen LogP contribution in [0.3, 0.4) is 0 Å². The van der Waals surface area contributed by atoms with Gasteiger partial charge in [0.25, 0.3) is 0 Å². The minimum absolute atomic E-state index is 0.173. The molecule has 4 heteroatoms. The van der Waals surface area contributed by atoms with Gasteiger partial charge in [-0.25, -0.2) is 0 Å². The molecule has 4 nitrogen and oxygen atoms in total. The zero-order chi connectivity index (χ0) is 15.1. The van der Waals surface area contributed by atoms with Crippen LogP contribution >= 0.6 is 0 Å². The molecule has 0 bridgehead atoms. The molecular formula is C17H28N2O2. The maximum atomic E-state index is 5.97. The van der Waals surface area contributed by atoms with Gasteiger partial charge in [0, 0.05) is 19.1 Å². The van der Waals surface area contributed by atoms with Gasteiger partial charge in [-0.3, -0.25) is 4.90 Å². The summed E-state index contributed by atoms with van der Waals surface area (Å²) >= 11 is 0. The van der Waals surface area contributed by atoms with Gasteiger partial charge in [0.05, 0.1) is 6.61 Å². The van der Waals surface area contributed by atoms with Gasteiger partial charge in [-0.1, -0.05) is 26.0 Å². The summed E-state index contributed by atoms with van der Waals surface area (Å²) < 4.78 is 11.6. The van der Waals surface area contributed by atoms with Crippen LogP contribution in [0.1, 0.15) is 25.8 Å². The summed E-state index contributed by atoms with van der Waals surface area (Å²) in [6.45, 7) is 8.78. The fourth-order valence-electron chi connectivity index (χ4n) is 2.53. The van der Waals surface area contributed by atoms with Crippen molar-refractivity contribution in [3.05, 3.63) is 29.8 Å². The Hall–Kier alpha value is -1.10. The van der Waals surface area contributed by atoms with E-state index >= 15 is 0 Å². The normalized spacial score (nSPS) is 21.2. The lowest BCUT2D eigenvalue weighted by Gasteiger charge is -2.31. The lowest BCUT2D eigenvalue weighted by Crippen LogP contribution is -2.44. The number of ether oxygens (including phenoxy) is 2. The Balaban J connectivity index is 1.78. The van der Waals surface area contributed by atoms with Gasteiger partial charge in [0.1, 0.15) is 18.5 Å². The Kier molecular flexibility index (Phi) is 6.49. The predicted molar refractivity (Wildman–Crippen MR) is 85.8 cm³/mol. The molecule has 1 fully saturated rings. The van der Waals surface area contributed by atoms with Crippen molar-refractivity contribution in [3.63, 3.8) is 0 Å². The molecule has 0 amide bonds. The molecule has 2 N–H and O–H groups in total. The second kappa shape index (κ2) is 8.37. The lowest BCUT2D eigenvalue weighted by molar-refractivity contribution is -0.0464. The molecule has 0 radical (unpaired) electrons. The number of morpholine rings is 1. The van der Waals surface area contributed by atoms with Crippen LogP contribution in [-0.4, -0.2) is 49.9 Å². The monoisotopic (exact) mass is 292 g/mol. The molecule has 21 heavy (non-hydrogen) atoms. The third-order valence-electron chi connectivity index (χ3n) is 4.05. The minimum atomic E-state index is 0.173. The standard InChI is InChI=1S/C17H28N2O2/c1-3-15(18)11-14-5-7-16(8-6-14)21-13-17-12-19(4-2)9-10-20-17/h5-8,15,17H,3-4,9-13,18H2,1-2H3. The SMILES string of the molecule is CCC(N)Cc1ccc(OCC2CN(CC)CCO2)cc1. The summed E-state index contributed by atoms with van der Waals surface area (Å²) in [5, 5.41) is 0. The Labute approximate surface area is 128 Å². The fourth-order valence-corrected chi connectivity index (χ4v) is 2.53.